The first-order chi connectivity index (χ1) is 8.10. The third kappa shape index (κ3) is 2.78. The van der Waals surface area contributed by atoms with Gasteiger partial charge in [0.05, 0.1) is 6.61 Å². The van der Waals surface area contributed by atoms with Crippen molar-refractivity contribution >= 4 is 5.91 Å². The molecule has 1 aliphatic heterocycles. The van der Waals surface area contributed by atoms with Crippen molar-refractivity contribution in [1.82, 2.24) is 14.9 Å². The van der Waals surface area contributed by atoms with E-state index in [-0.39, 0.29) is 0 Å². The predicted molar refractivity (Wildman–Crippen MR) is 60.9 cm³/mol. The van der Waals surface area contributed by atoms with Gasteiger partial charge in [0.15, 0.2) is 5.60 Å². The maximum absolute atomic E-state index is 11.3. The maximum Gasteiger partial charge on any atom is 0.250 e. The topological polar surface area (TPSA) is 81.3 Å². The summed E-state index contributed by atoms with van der Waals surface area (Å²) in [7, 11) is 0. The molecule has 2 rings (SSSR count). The molecule has 1 aromatic heterocycles. The number of carbonyl (C=O) groups excluding carboxylic acids is 1. The molecule has 0 radical (unpaired) electrons. The van der Waals surface area contributed by atoms with Gasteiger partial charge in [-0.2, -0.15) is 0 Å². The quantitative estimate of drug-likeness (QED) is 0.769. The van der Waals surface area contributed by atoms with Crippen LogP contribution in [0.15, 0.2) is 18.7 Å². The molecule has 1 atom stereocenters. The smallest absolute Gasteiger partial charge is 0.250 e. The molecule has 0 bridgehead atoms. The van der Waals surface area contributed by atoms with Crippen molar-refractivity contribution in [1.29, 1.82) is 0 Å². The fourth-order valence-corrected chi connectivity index (χ4v) is 1.91. The second-order valence-corrected chi connectivity index (χ2v) is 4.40. The number of rotatable bonds is 3. The highest BCUT2D eigenvalue weighted by Gasteiger charge is 2.37. The van der Waals surface area contributed by atoms with Crippen LogP contribution >= 0.6 is 0 Å². The fourth-order valence-electron chi connectivity index (χ4n) is 1.91. The van der Waals surface area contributed by atoms with Gasteiger partial charge < -0.3 is 10.5 Å². The molecule has 0 aliphatic carbocycles. The van der Waals surface area contributed by atoms with E-state index in [1.54, 1.807) is 19.3 Å². The summed E-state index contributed by atoms with van der Waals surface area (Å²) in [4.78, 5) is 21.4. The van der Waals surface area contributed by atoms with E-state index in [1.807, 2.05) is 0 Å². The van der Waals surface area contributed by atoms with E-state index in [2.05, 4.69) is 14.9 Å². The molecular weight excluding hydrogens is 220 g/mol. The third-order valence-corrected chi connectivity index (χ3v) is 2.89. The molecule has 1 unspecified atom stereocenters. The Kier molecular flexibility index (Phi) is 3.35. The maximum atomic E-state index is 11.3. The zero-order valence-corrected chi connectivity index (χ0v) is 9.80. The Bertz CT molecular complexity index is 398. The van der Waals surface area contributed by atoms with Gasteiger partial charge in [0.1, 0.15) is 6.33 Å². The molecule has 2 heterocycles. The van der Waals surface area contributed by atoms with Gasteiger partial charge in [-0.1, -0.05) is 0 Å². The normalized spacial score (nSPS) is 25.7. The summed E-state index contributed by atoms with van der Waals surface area (Å²) >= 11 is 0. The summed E-state index contributed by atoms with van der Waals surface area (Å²) in [6.45, 7) is 4.21. The van der Waals surface area contributed by atoms with Gasteiger partial charge in [-0.05, 0) is 6.92 Å². The van der Waals surface area contributed by atoms with Gasteiger partial charge in [-0.3, -0.25) is 9.69 Å². The van der Waals surface area contributed by atoms with Crippen LogP contribution in [0.3, 0.4) is 0 Å². The lowest BCUT2D eigenvalue weighted by atomic mass is 10.0. The second kappa shape index (κ2) is 4.77. The highest BCUT2D eigenvalue weighted by Crippen LogP contribution is 2.18. The van der Waals surface area contributed by atoms with Crippen LogP contribution in [0.25, 0.3) is 0 Å². The minimum absolute atomic E-state index is 0.425. The van der Waals surface area contributed by atoms with Crippen LogP contribution in [0.1, 0.15) is 12.5 Å². The molecular formula is C11H16N4O2. The number of amides is 1. The minimum Gasteiger partial charge on any atom is -0.367 e. The van der Waals surface area contributed by atoms with Crippen LogP contribution in [0.4, 0.5) is 0 Å². The second-order valence-electron chi connectivity index (χ2n) is 4.40. The third-order valence-electron chi connectivity index (χ3n) is 2.89. The molecule has 2 N–H and O–H groups in total. The van der Waals surface area contributed by atoms with Crippen LogP contribution in [0, 0.1) is 0 Å². The largest absolute Gasteiger partial charge is 0.367 e. The van der Waals surface area contributed by atoms with Gasteiger partial charge in [-0.15, -0.1) is 0 Å². The minimum atomic E-state index is -0.895. The SMILES string of the molecule is CC1(C(N)=O)CN(Cc2cncnc2)CCO1. The number of nitrogens with two attached hydrogens (primary N) is 1. The molecule has 1 aromatic rings. The van der Waals surface area contributed by atoms with Crippen molar-refractivity contribution < 1.29 is 9.53 Å². The van der Waals surface area contributed by atoms with E-state index in [9.17, 15) is 4.79 Å². The average Bonchev–Trinajstić information content (AvgIpc) is 2.30. The van der Waals surface area contributed by atoms with E-state index in [1.165, 1.54) is 6.33 Å². The summed E-state index contributed by atoms with van der Waals surface area (Å²) in [6, 6.07) is 0. The first-order valence-corrected chi connectivity index (χ1v) is 5.50. The molecule has 17 heavy (non-hydrogen) atoms. The summed E-state index contributed by atoms with van der Waals surface area (Å²) in [5.74, 6) is -0.425. The number of carbonyl (C=O) groups is 1. The van der Waals surface area contributed by atoms with Gasteiger partial charge >= 0.3 is 0 Å². The van der Waals surface area contributed by atoms with Crippen molar-refractivity contribution in [3.05, 3.63) is 24.3 Å². The molecule has 0 spiro atoms. The van der Waals surface area contributed by atoms with E-state index in [0.29, 0.717) is 19.7 Å². The van der Waals surface area contributed by atoms with Gasteiger partial charge in [0.2, 0.25) is 0 Å². The Balaban J connectivity index is 2.01. The molecule has 6 heteroatoms. The Morgan fingerprint density at radius 2 is 2.29 bits per heavy atom. The summed E-state index contributed by atoms with van der Waals surface area (Å²) in [5.41, 5.74) is 5.46. The van der Waals surface area contributed by atoms with Crippen molar-refractivity contribution in [2.45, 2.75) is 19.1 Å². The van der Waals surface area contributed by atoms with Crippen LogP contribution in [0.5, 0.6) is 0 Å². The van der Waals surface area contributed by atoms with E-state index in [0.717, 1.165) is 12.1 Å². The number of morpholine rings is 1. The number of primary amides is 1. The predicted octanol–water partition coefficient (Wildman–Crippen LogP) is -0.447. The number of nitrogens with zero attached hydrogens (tertiary/aromatic N) is 3. The van der Waals surface area contributed by atoms with E-state index >= 15 is 0 Å². The Morgan fingerprint density at radius 1 is 1.59 bits per heavy atom. The standard InChI is InChI=1S/C11H16N4O2/c1-11(10(12)16)7-15(2-3-17-11)6-9-4-13-8-14-5-9/h4-5,8H,2-3,6-7H2,1H3,(H2,12,16). The van der Waals surface area contributed by atoms with Crippen LogP contribution in [-0.2, 0) is 16.1 Å². The molecule has 92 valence electrons. The first kappa shape index (κ1) is 11.9. The van der Waals surface area contributed by atoms with Crippen LogP contribution in [0.2, 0.25) is 0 Å². The zero-order chi connectivity index (χ0) is 12.3. The summed E-state index contributed by atoms with van der Waals surface area (Å²) < 4.78 is 5.45. The van der Waals surface area contributed by atoms with Crippen molar-refractivity contribution in [2.75, 3.05) is 19.7 Å². The number of hydrogen-bond donors (Lipinski definition) is 1. The summed E-state index contributed by atoms with van der Waals surface area (Å²) in [5, 5.41) is 0. The number of aromatic nitrogens is 2. The van der Waals surface area contributed by atoms with Crippen LogP contribution < -0.4 is 5.73 Å². The number of ether oxygens (including phenoxy) is 1. The van der Waals surface area contributed by atoms with Gasteiger partial charge in [-0.25, -0.2) is 9.97 Å². The molecule has 1 amide bonds. The molecule has 1 aliphatic rings. The van der Waals surface area contributed by atoms with Gasteiger partial charge in [0.25, 0.3) is 5.91 Å². The van der Waals surface area contributed by atoms with Crippen molar-refractivity contribution in [3.63, 3.8) is 0 Å². The number of hydrogen-bond acceptors (Lipinski definition) is 5. The lowest BCUT2D eigenvalue weighted by molar-refractivity contribution is -0.153. The highest BCUT2D eigenvalue weighted by molar-refractivity contribution is 5.83. The van der Waals surface area contributed by atoms with Gasteiger partial charge in [0, 0.05) is 37.6 Å². The zero-order valence-electron chi connectivity index (χ0n) is 9.80. The molecule has 1 saturated heterocycles. The average molecular weight is 236 g/mol. The molecule has 0 aromatic carbocycles. The highest BCUT2D eigenvalue weighted by atomic mass is 16.5. The summed E-state index contributed by atoms with van der Waals surface area (Å²) in [6.07, 6.45) is 5.03. The Morgan fingerprint density at radius 3 is 2.94 bits per heavy atom. The lowest BCUT2D eigenvalue weighted by Gasteiger charge is -2.38. The Hall–Kier alpha value is -1.53. The molecule has 1 fully saturated rings. The van der Waals surface area contributed by atoms with E-state index < -0.39 is 11.5 Å². The molecule has 6 nitrogen and oxygen atoms in total. The van der Waals surface area contributed by atoms with Crippen LogP contribution in [-0.4, -0.2) is 46.1 Å². The van der Waals surface area contributed by atoms with Crippen molar-refractivity contribution in [3.8, 4) is 0 Å². The lowest BCUT2D eigenvalue weighted by Crippen LogP contribution is -2.56. The first-order valence-electron chi connectivity index (χ1n) is 5.50. The molecule has 0 saturated carbocycles. The monoisotopic (exact) mass is 236 g/mol. The van der Waals surface area contributed by atoms with Crippen molar-refractivity contribution in [2.24, 2.45) is 5.73 Å². The van der Waals surface area contributed by atoms with E-state index in [4.69, 9.17) is 10.5 Å². The Labute approximate surface area is 99.8 Å². The fraction of sp³-hybridized carbons (Fsp3) is 0.545.